The molecule has 3 rings (SSSR count). The Morgan fingerprint density at radius 2 is 2.17 bits per heavy atom. The van der Waals surface area contributed by atoms with Gasteiger partial charge in [0.25, 0.3) is 0 Å². The molecule has 3 heterocycles. The van der Waals surface area contributed by atoms with Crippen LogP contribution in [0.2, 0.25) is 0 Å². The summed E-state index contributed by atoms with van der Waals surface area (Å²) in [6.45, 7) is 5.64. The first-order valence-corrected chi connectivity index (χ1v) is 7.26. The van der Waals surface area contributed by atoms with Crippen molar-refractivity contribution in [1.29, 1.82) is 0 Å². The number of imidazole rings is 1. The van der Waals surface area contributed by atoms with Crippen LogP contribution in [-0.2, 0) is 13.0 Å². The van der Waals surface area contributed by atoms with E-state index in [0.29, 0.717) is 6.04 Å². The number of aliphatic hydroxyl groups excluding tert-OH is 1. The summed E-state index contributed by atoms with van der Waals surface area (Å²) >= 11 is 0. The van der Waals surface area contributed by atoms with E-state index in [1.807, 2.05) is 6.20 Å². The van der Waals surface area contributed by atoms with Crippen LogP contribution in [0.3, 0.4) is 0 Å². The summed E-state index contributed by atoms with van der Waals surface area (Å²) in [5.41, 5.74) is 1.03. The molecule has 1 fully saturated rings. The lowest BCUT2D eigenvalue weighted by molar-refractivity contribution is 0.137. The lowest BCUT2D eigenvalue weighted by atomic mass is 10.1. The van der Waals surface area contributed by atoms with Gasteiger partial charge in [-0.25, -0.2) is 4.98 Å². The molecule has 0 spiro atoms. The third-order valence-electron chi connectivity index (χ3n) is 4.49. The summed E-state index contributed by atoms with van der Waals surface area (Å²) in [5, 5.41) is 9.96. The van der Waals surface area contributed by atoms with Crippen LogP contribution in [-0.4, -0.2) is 38.7 Å². The molecule has 1 aromatic rings. The largest absolute Gasteiger partial charge is 0.387 e. The topological polar surface area (TPSA) is 41.3 Å². The number of hydrogen-bond donors (Lipinski definition) is 1. The molecule has 2 atom stereocenters. The highest BCUT2D eigenvalue weighted by Gasteiger charge is 2.27. The maximum Gasteiger partial charge on any atom is 0.110 e. The number of fused-ring (bicyclic) bond motifs is 1. The number of likely N-dealkylation sites (N-methyl/N-ethyl adjacent to an activating group) is 1. The van der Waals surface area contributed by atoms with E-state index < -0.39 is 0 Å². The Bertz CT molecular complexity index is 415. The van der Waals surface area contributed by atoms with Gasteiger partial charge in [0.2, 0.25) is 0 Å². The normalized spacial score (nSPS) is 28.6. The summed E-state index contributed by atoms with van der Waals surface area (Å²) in [4.78, 5) is 7.11. The van der Waals surface area contributed by atoms with Crippen molar-refractivity contribution in [1.82, 2.24) is 14.5 Å². The van der Waals surface area contributed by atoms with E-state index in [4.69, 9.17) is 0 Å². The molecule has 1 N–H and O–H groups in total. The van der Waals surface area contributed by atoms with Gasteiger partial charge in [-0.3, -0.25) is 0 Å². The van der Waals surface area contributed by atoms with Crippen molar-refractivity contribution in [2.24, 2.45) is 0 Å². The van der Waals surface area contributed by atoms with E-state index in [-0.39, 0.29) is 6.10 Å². The average molecular weight is 249 g/mol. The first-order valence-electron chi connectivity index (χ1n) is 7.26. The van der Waals surface area contributed by atoms with Gasteiger partial charge in [-0.15, -0.1) is 0 Å². The van der Waals surface area contributed by atoms with Gasteiger partial charge >= 0.3 is 0 Å². The minimum atomic E-state index is -0.300. The van der Waals surface area contributed by atoms with Gasteiger partial charge < -0.3 is 14.6 Å². The van der Waals surface area contributed by atoms with E-state index in [2.05, 4.69) is 21.4 Å². The van der Waals surface area contributed by atoms with Gasteiger partial charge in [-0.1, -0.05) is 6.92 Å². The van der Waals surface area contributed by atoms with Gasteiger partial charge in [0.05, 0.1) is 18.0 Å². The molecule has 4 nitrogen and oxygen atoms in total. The highest BCUT2D eigenvalue weighted by atomic mass is 16.3. The minimum Gasteiger partial charge on any atom is -0.387 e. The van der Waals surface area contributed by atoms with Crippen molar-refractivity contribution in [2.45, 2.75) is 57.7 Å². The number of rotatable bonds is 3. The second kappa shape index (κ2) is 5.02. The first kappa shape index (κ1) is 12.2. The summed E-state index contributed by atoms with van der Waals surface area (Å²) in [6.07, 6.45) is 7.18. The Kier molecular flexibility index (Phi) is 3.39. The number of aliphatic hydroxyl groups is 1. The molecule has 0 radical (unpaired) electrons. The van der Waals surface area contributed by atoms with Crippen LogP contribution < -0.4 is 0 Å². The first-order chi connectivity index (χ1) is 8.79. The molecule has 1 saturated heterocycles. The van der Waals surface area contributed by atoms with Crippen LogP contribution >= 0.6 is 0 Å². The van der Waals surface area contributed by atoms with Crippen LogP contribution in [0.1, 0.15) is 50.2 Å². The Hall–Kier alpha value is -0.870. The fourth-order valence-corrected chi connectivity index (χ4v) is 3.46. The highest BCUT2D eigenvalue weighted by molar-refractivity contribution is 5.12. The second-order valence-electron chi connectivity index (χ2n) is 5.54. The van der Waals surface area contributed by atoms with Crippen molar-refractivity contribution in [3.63, 3.8) is 0 Å². The van der Waals surface area contributed by atoms with Gasteiger partial charge in [-0.2, -0.15) is 0 Å². The van der Waals surface area contributed by atoms with Gasteiger partial charge in [-0.05, 0) is 38.8 Å². The Morgan fingerprint density at radius 3 is 3.00 bits per heavy atom. The van der Waals surface area contributed by atoms with E-state index in [1.54, 1.807) is 0 Å². The molecule has 2 aliphatic rings. The molecule has 2 unspecified atom stereocenters. The minimum absolute atomic E-state index is 0.300. The lowest BCUT2D eigenvalue weighted by Crippen LogP contribution is -2.32. The van der Waals surface area contributed by atoms with E-state index in [0.717, 1.165) is 38.0 Å². The zero-order valence-electron chi connectivity index (χ0n) is 11.2. The predicted molar refractivity (Wildman–Crippen MR) is 70.4 cm³/mol. The molecule has 4 heteroatoms. The number of likely N-dealkylation sites (tertiary alicyclic amines) is 1. The Labute approximate surface area is 109 Å². The number of hydrogen-bond acceptors (Lipinski definition) is 3. The second-order valence-corrected chi connectivity index (χ2v) is 5.54. The number of aromatic nitrogens is 2. The Balaban J connectivity index is 1.77. The van der Waals surface area contributed by atoms with Crippen molar-refractivity contribution in [3.05, 3.63) is 17.7 Å². The molecular weight excluding hydrogens is 226 g/mol. The van der Waals surface area contributed by atoms with Crippen LogP contribution in [0, 0.1) is 0 Å². The summed E-state index contributed by atoms with van der Waals surface area (Å²) in [5.74, 6) is 1.18. The van der Waals surface area contributed by atoms with Crippen LogP contribution in [0.5, 0.6) is 0 Å². The number of nitrogens with zero attached hydrogens (tertiary/aromatic N) is 3. The molecular formula is C14H23N3O. The molecule has 0 aromatic carbocycles. The molecule has 0 saturated carbocycles. The van der Waals surface area contributed by atoms with Crippen LogP contribution in [0.15, 0.2) is 6.20 Å². The maximum atomic E-state index is 9.96. The average Bonchev–Trinajstić information content (AvgIpc) is 2.98. The van der Waals surface area contributed by atoms with Crippen molar-refractivity contribution in [2.75, 3.05) is 13.1 Å². The smallest absolute Gasteiger partial charge is 0.110 e. The van der Waals surface area contributed by atoms with Crippen molar-refractivity contribution >= 4 is 0 Å². The fourth-order valence-electron chi connectivity index (χ4n) is 3.46. The molecule has 18 heavy (non-hydrogen) atoms. The third-order valence-corrected chi connectivity index (χ3v) is 4.49. The molecule has 0 amide bonds. The standard InChI is InChI=1S/C14H23N3O/c1-2-16-7-3-5-11(16)9-14-15-10-12-13(18)6-4-8-17(12)14/h10-11,13,18H,2-9H2,1H3. The maximum absolute atomic E-state index is 9.96. The predicted octanol–water partition coefficient (Wildman–Crippen LogP) is 1.74. The zero-order valence-corrected chi connectivity index (χ0v) is 11.2. The fraction of sp³-hybridized carbons (Fsp3) is 0.786. The summed E-state index contributed by atoms with van der Waals surface area (Å²) in [6, 6.07) is 0.653. The van der Waals surface area contributed by atoms with Gasteiger partial charge in [0.1, 0.15) is 5.82 Å². The highest BCUT2D eigenvalue weighted by Crippen LogP contribution is 2.27. The van der Waals surface area contributed by atoms with Crippen molar-refractivity contribution in [3.8, 4) is 0 Å². The zero-order chi connectivity index (χ0) is 12.5. The lowest BCUT2D eigenvalue weighted by Gasteiger charge is -2.25. The summed E-state index contributed by atoms with van der Waals surface area (Å²) < 4.78 is 2.25. The monoisotopic (exact) mass is 249 g/mol. The Morgan fingerprint density at radius 1 is 1.33 bits per heavy atom. The molecule has 1 aromatic heterocycles. The SMILES string of the molecule is CCN1CCCC1Cc1ncc2n1CCCC2O. The molecule has 0 bridgehead atoms. The molecule has 0 aliphatic carbocycles. The quantitative estimate of drug-likeness (QED) is 0.887. The van der Waals surface area contributed by atoms with Gasteiger partial charge in [0, 0.05) is 19.0 Å². The van der Waals surface area contributed by atoms with Crippen molar-refractivity contribution < 1.29 is 5.11 Å². The van der Waals surface area contributed by atoms with Crippen LogP contribution in [0.4, 0.5) is 0 Å². The summed E-state index contributed by atoms with van der Waals surface area (Å²) in [7, 11) is 0. The molecule has 2 aliphatic heterocycles. The van der Waals surface area contributed by atoms with Crippen LogP contribution in [0.25, 0.3) is 0 Å². The van der Waals surface area contributed by atoms with E-state index in [9.17, 15) is 5.11 Å². The van der Waals surface area contributed by atoms with E-state index in [1.165, 1.54) is 25.2 Å². The molecule has 100 valence electrons. The van der Waals surface area contributed by atoms with E-state index >= 15 is 0 Å². The third kappa shape index (κ3) is 2.08. The van der Waals surface area contributed by atoms with Gasteiger partial charge in [0.15, 0.2) is 0 Å².